The molecule has 2 aromatic rings. The molecule has 0 saturated heterocycles. The molecule has 1 amide bonds. The van der Waals surface area contributed by atoms with E-state index in [9.17, 15) is 9.59 Å². The van der Waals surface area contributed by atoms with Crippen molar-refractivity contribution in [3.05, 3.63) is 30.5 Å². The average Bonchev–Trinajstić information content (AvgIpc) is 2.80. The summed E-state index contributed by atoms with van der Waals surface area (Å²) in [5.74, 6) is -0.502. The number of carboxylic acid groups (broad SMARTS) is 1. The fourth-order valence-corrected chi connectivity index (χ4v) is 2.23. The predicted octanol–water partition coefficient (Wildman–Crippen LogP) is 3.10. The molecule has 0 aliphatic heterocycles. The first-order valence-electron chi connectivity index (χ1n) is 7.10. The summed E-state index contributed by atoms with van der Waals surface area (Å²) in [6, 6.07) is 7.34. The summed E-state index contributed by atoms with van der Waals surface area (Å²) in [5.41, 5.74) is 1.58. The second-order valence-corrected chi connectivity index (χ2v) is 5.38. The van der Waals surface area contributed by atoms with Crippen molar-refractivity contribution in [2.75, 3.05) is 5.32 Å². The number of carbonyl (C=O) groups is 2. The fourth-order valence-electron chi connectivity index (χ4n) is 2.23. The quantitative estimate of drug-likeness (QED) is 0.858. The third-order valence-electron chi connectivity index (χ3n) is 3.59. The van der Waals surface area contributed by atoms with E-state index in [4.69, 9.17) is 5.11 Å². The molecule has 0 spiro atoms. The molecular formula is C16H20N2O3. The van der Waals surface area contributed by atoms with E-state index >= 15 is 0 Å². The lowest BCUT2D eigenvalue weighted by atomic mass is 10.0. The maximum Gasteiger partial charge on any atom is 0.323 e. The van der Waals surface area contributed by atoms with E-state index in [1.165, 1.54) is 0 Å². The van der Waals surface area contributed by atoms with E-state index in [0.717, 1.165) is 23.0 Å². The maximum absolute atomic E-state index is 11.9. The van der Waals surface area contributed by atoms with Gasteiger partial charge in [-0.3, -0.25) is 9.59 Å². The molecule has 21 heavy (non-hydrogen) atoms. The lowest BCUT2D eigenvalue weighted by Gasteiger charge is -2.09. The molecule has 2 rings (SSSR count). The van der Waals surface area contributed by atoms with Gasteiger partial charge in [-0.2, -0.15) is 0 Å². The Kier molecular flexibility index (Phi) is 4.62. The molecule has 0 bridgehead atoms. The third-order valence-corrected chi connectivity index (χ3v) is 3.59. The molecule has 0 aliphatic carbocycles. The van der Waals surface area contributed by atoms with Crippen LogP contribution in [0.25, 0.3) is 10.9 Å². The van der Waals surface area contributed by atoms with Gasteiger partial charge in [0.2, 0.25) is 5.91 Å². The fraction of sp³-hybridized carbons (Fsp3) is 0.375. The van der Waals surface area contributed by atoms with Gasteiger partial charge in [0, 0.05) is 29.2 Å². The van der Waals surface area contributed by atoms with Gasteiger partial charge in [-0.25, -0.2) is 0 Å². The summed E-state index contributed by atoms with van der Waals surface area (Å²) in [4.78, 5) is 22.7. The molecule has 0 aliphatic rings. The van der Waals surface area contributed by atoms with Crippen molar-refractivity contribution < 1.29 is 14.7 Å². The van der Waals surface area contributed by atoms with Crippen LogP contribution in [0.15, 0.2) is 30.5 Å². The molecule has 1 unspecified atom stereocenters. The van der Waals surface area contributed by atoms with Gasteiger partial charge in [0.1, 0.15) is 6.54 Å². The number of hydrogen-bond donors (Lipinski definition) is 2. The molecule has 1 atom stereocenters. The summed E-state index contributed by atoms with van der Waals surface area (Å²) in [5, 5.41) is 12.6. The zero-order valence-corrected chi connectivity index (χ0v) is 12.3. The van der Waals surface area contributed by atoms with Gasteiger partial charge in [-0.1, -0.05) is 20.3 Å². The van der Waals surface area contributed by atoms with Crippen LogP contribution in [0.3, 0.4) is 0 Å². The lowest BCUT2D eigenvalue weighted by Crippen LogP contribution is -2.14. The second-order valence-electron chi connectivity index (χ2n) is 5.38. The maximum atomic E-state index is 11.9. The Morgan fingerprint density at radius 2 is 2.10 bits per heavy atom. The van der Waals surface area contributed by atoms with Crippen molar-refractivity contribution in [1.82, 2.24) is 4.57 Å². The third kappa shape index (κ3) is 3.84. The molecule has 0 saturated carbocycles. The van der Waals surface area contributed by atoms with Gasteiger partial charge < -0.3 is 15.0 Å². The van der Waals surface area contributed by atoms with Crippen molar-refractivity contribution in [3.8, 4) is 0 Å². The van der Waals surface area contributed by atoms with Gasteiger partial charge >= 0.3 is 5.97 Å². The minimum atomic E-state index is -0.876. The molecule has 1 aromatic carbocycles. The molecule has 1 aromatic heterocycles. The highest BCUT2D eigenvalue weighted by atomic mass is 16.4. The van der Waals surface area contributed by atoms with Crippen LogP contribution in [0.4, 0.5) is 5.69 Å². The van der Waals surface area contributed by atoms with E-state index < -0.39 is 5.97 Å². The van der Waals surface area contributed by atoms with Crippen molar-refractivity contribution in [1.29, 1.82) is 0 Å². The SMILES string of the molecule is CCC(C)CC(=O)Nc1ccc2c(ccn2CC(=O)O)c1. The van der Waals surface area contributed by atoms with E-state index in [0.29, 0.717) is 12.3 Å². The largest absolute Gasteiger partial charge is 0.480 e. The predicted molar refractivity (Wildman–Crippen MR) is 82.3 cm³/mol. The average molecular weight is 288 g/mol. The first kappa shape index (κ1) is 15.1. The Hall–Kier alpha value is -2.30. The minimum absolute atomic E-state index is 0.00803. The summed E-state index contributed by atoms with van der Waals surface area (Å²) in [7, 11) is 0. The van der Waals surface area contributed by atoms with Crippen LogP contribution in [-0.4, -0.2) is 21.6 Å². The highest BCUT2D eigenvalue weighted by Crippen LogP contribution is 2.21. The number of nitrogens with one attached hydrogen (secondary N) is 1. The Balaban J connectivity index is 2.13. The van der Waals surface area contributed by atoms with Crippen molar-refractivity contribution in [3.63, 3.8) is 0 Å². The number of amides is 1. The van der Waals surface area contributed by atoms with E-state index in [2.05, 4.69) is 19.2 Å². The number of rotatable bonds is 6. The zero-order valence-electron chi connectivity index (χ0n) is 12.3. The Bertz CT molecular complexity index is 661. The molecule has 0 fully saturated rings. The summed E-state index contributed by atoms with van der Waals surface area (Å²) >= 11 is 0. The number of fused-ring (bicyclic) bond motifs is 1. The standard InChI is InChI=1S/C16H20N2O3/c1-3-11(2)8-15(19)17-13-4-5-14-12(9-13)6-7-18(14)10-16(20)21/h4-7,9,11H,3,8,10H2,1-2H3,(H,17,19)(H,20,21). The summed E-state index contributed by atoms with van der Waals surface area (Å²) in [6.07, 6.45) is 3.22. The van der Waals surface area contributed by atoms with Crippen molar-refractivity contribution in [2.45, 2.75) is 33.2 Å². The molecule has 1 heterocycles. The number of nitrogens with zero attached hydrogens (tertiary/aromatic N) is 1. The van der Waals surface area contributed by atoms with Gasteiger partial charge in [-0.15, -0.1) is 0 Å². The Morgan fingerprint density at radius 3 is 2.76 bits per heavy atom. The number of aliphatic carboxylic acids is 1. The highest BCUT2D eigenvalue weighted by Gasteiger charge is 2.09. The van der Waals surface area contributed by atoms with Crippen molar-refractivity contribution >= 4 is 28.5 Å². The zero-order chi connectivity index (χ0) is 15.4. The first-order chi connectivity index (χ1) is 9.99. The van der Waals surface area contributed by atoms with Crippen molar-refractivity contribution in [2.24, 2.45) is 5.92 Å². The number of carbonyl (C=O) groups excluding carboxylic acids is 1. The van der Waals surface area contributed by atoms with Crippen LogP contribution in [0, 0.1) is 5.92 Å². The van der Waals surface area contributed by atoms with E-state index in [1.54, 1.807) is 16.8 Å². The molecule has 0 radical (unpaired) electrons. The van der Waals surface area contributed by atoms with Crippen LogP contribution in [0.1, 0.15) is 26.7 Å². The molecule has 5 heteroatoms. The van der Waals surface area contributed by atoms with Gasteiger partial charge in [0.25, 0.3) is 0 Å². The molecule has 5 nitrogen and oxygen atoms in total. The Labute approximate surface area is 123 Å². The lowest BCUT2D eigenvalue weighted by molar-refractivity contribution is -0.137. The van der Waals surface area contributed by atoms with Gasteiger partial charge in [0.15, 0.2) is 0 Å². The summed E-state index contributed by atoms with van der Waals surface area (Å²) in [6.45, 7) is 4.05. The van der Waals surface area contributed by atoms with Crippen LogP contribution in [-0.2, 0) is 16.1 Å². The summed E-state index contributed by atoms with van der Waals surface area (Å²) < 4.78 is 1.67. The van der Waals surface area contributed by atoms with Crippen LogP contribution in [0.2, 0.25) is 0 Å². The highest BCUT2D eigenvalue weighted by molar-refractivity contribution is 5.94. The number of benzene rings is 1. The van der Waals surface area contributed by atoms with E-state index in [1.807, 2.05) is 18.2 Å². The van der Waals surface area contributed by atoms with Crippen LogP contribution >= 0.6 is 0 Å². The minimum Gasteiger partial charge on any atom is -0.480 e. The first-order valence-corrected chi connectivity index (χ1v) is 7.10. The van der Waals surface area contributed by atoms with Gasteiger partial charge in [0.05, 0.1) is 0 Å². The number of aromatic nitrogens is 1. The topological polar surface area (TPSA) is 71.3 Å². The molecule has 112 valence electrons. The van der Waals surface area contributed by atoms with Gasteiger partial charge in [-0.05, 0) is 30.2 Å². The number of hydrogen-bond acceptors (Lipinski definition) is 2. The molecular weight excluding hydrogens is 268 g/mol. The van der Waals surface area contributed by atoms with Crippen LogP contribution < -0.4 is 5.32 Å². The molecule has 2 N–H and O–H groups in total. The normalized spacial score (nSPS) is 12.3. The van der Waals surface area contributed by atoms with Crippen LogP contribution in [0.5, 0.6) is 0 Å². The second kappa shape index (κ2) is 6.43. The monoisotopic (exact) mass is 288 g/mol. The van der Waals surface area contributed by atoms with E-state index in [-0.39, 0.29) is 12.5 Å². The smallest absolute Gasteiger partial charge is 0.323 e. The Morgan fingerprint density at radius 1 is 1.33 bits per heavy atom. The number of carboxylic acids is 1. The number of anilines is 1.